The van der Waals surface area contributed by atoms with Crippen molar-refractivity contribution in [2.24, 2.45) is 0 Å². The molecule has 0 aliphatic heterocycles. The number of thiophene rings is 2. The molecular formula is C24H25BNaO4S2. The summed E-state index contributed by atoms with van der Waals surface area (Å²) in [5, 5.41) is 18.7. The Morgan fingerprint density at radius 3 is 1.34 bits per heavy atom. The molecule has 0 spiro atoms. The molecule has 32 heavy (non-hydrogen) atoms. The molecule has 0 saturated heterocycles. The number of carbonyl (C=O) groups is 2. The van der Waals surface area contributed by atoms with E-state index in [2.05, 4.69) is 24.3 Å². The Bertz CT molecular complexity index is 1000. The topological polar surface area (TPSA) is 74.6 Å². The van der Waals surface area contributed by atoms with E-state index in [1.165, 1.54) is 35.3 Å². The minimum Gasteiger partial charge on any atom is -1.00 e. The normalized spacial score (nSPS) is 25.1. The summed E-state index contributed by atoms with van der Waals surface area (Å²) in [6.07, 6.45) is 15.3. The standard InChI is InChI=1S/C12H14O2S.C12H10O2S.B.Na.H/c2*13-5-9-11-7-1-2-8(4-3-7)12(11)10(6-14)15-9;;;/h1-2,7-8,13-14H,3-6H2;1-2,5-8H,3-4H2;;;/q;;;+1;-1. The summed E-state index contributed by atoms with van der Waals surface area (Å²) in [6, 6.07) is 0. The molecule has 2 aromatic heterocycles. The van der Waals surface area contributed by atoms with Gasteiger partial charge in [0.1, 0.15) is 0 Å². The molecule has 3 radical (unpaired) electrons. The fourth-order valence-corrected chi connectivity index (χ4v) is 7.89. The van der Waals surface area contributed by atoms with Gasteiger partial charge in [-0.05, 0) is 47.9 Å². The van der Waals surface area contributed by atoms with Gasteiger partial charge in [-0.3, -0.25) is 9.59 Å². The largest absolute Gasteiger partial charge is 1.00 e. The summed E-state index contributed by atoms with van der Waals surface area (Å²) in [4.78, 5) is 25.5. The fraction of sp³-hybridized carbons (Fsp3) is 0.417. The molecule has 4 atom stereocenters. The zero-order chi connectivity index (χ0) is 20.8. The second-order valence-corrected chi connectivity index (χ2v) is 10.6. The molecule has 161 valence electrons. The third-order valence-corrected chi connectivity index (χ3v) is 9.15. The van der Waals surface area contributed by atoms with Crippen molar-refractivity contribution in [3.63, 3.8) is 0 Å². The van der Waals surface area contributed by atoms with Crippen molar-refractivity contribution in [3.8, 4) is 0 Å². The van der Waals surface area contributed by atoms with Crippen LogP contribution >= 0.6 is 22.7 Å². The van der Waals surface area contributed by atoms with Crippen LogP contribution in [0.15, 0.2) is 24.3 Å². The van der Waals surface area contributed by atoms with Crippen molar-refractivity contribution >= 4 is 43.7 Å². The van der Waals surface area contributed by atoms with E-state index in [1.54, 1.807) is 11.3 Å². The zero-order valence-corrected chi connectivity index (χ0v) is 21.8. The number of fused-ring (bicyclic) bond motifs is 2. The van der Waals surface area contributed by atoms with Crippen molar-refractivity contribution in [2.75, 3.05) is 0 Å². The van der Waals surface area contributed by atoms with E-state index in [4.69, 9.17) is 0 Å². The molecule has 0 fully saturated rings. The molecule has 6 aliphatic rings. The van der Waals surface area contributed by atoms with Crippen LogP contribution in [0.25, 0.3) is 0 Å². The molecule has 6 aliphatic carbocycles. The van der Waals surface area contributed by atoms with Crippen LogP contribution in [-0.2, 0) is 13.2 Å². The number of rotatable bonds is 4. The average molecular weight is 475 g/mol. The average Bonchev–Trinajstić information content (AvgIpc) is 3.42. The minimum absolute atomic E-state index is 0. The summed E-state index contributed by atoms with van der Waals surface area (Å²) < 4.78 is 0. The van der Waals surface area contributed by atoms with Crippen molar-refractivity contribution in [1.29, 1.82) is 0 Å². The number of carbonyl (C=O) groups excluding carboxylic acids is 2. The molecule has 0 amide bonds. The Balaban J connectivity index is 0.000000214. The van der Waals surface area contributed by atoms with Crippen LogP contribution in [0.4, 0.5) is 0 Å². The summed E-state index contributed by atoms with van der Waals surface area (Å²) >= 11 is 2.93. The quantitative estimate of drug-likeness (QED) is 0.403. The second-order valence-electron chi connectivity index (χ2n) is 8.34. The number of aliphatic hydroxyl groups excluding tert-OH is 2. The van der Waals surface area contributed by atoms with Crippen LogP contribution in [0.2, 0.25) is 0 Å². The van der Waals surface area contributed by atoms with E-state index in [-0.39, 0.29) is 52.6 Å². The van der Waals surface area contributed by atoms with E-state index in [0.717, 1.165) is 56.0 Å². The second kappa shape index (κ2) is 10.6. The zero-order valence-electron chi connectivity index (χ0n) is 19.1. The number of allylic oxidation sites excluding steroid dienone is 4. The number of hydrogen-bond acceptors (Lipinski definition) is 6. The Hall–Kier alpha value is -0.795. The monoisotopic (exact) mass is 475 g/mol. The summed E-state index contributed by atoms with van der Waals surface area (Å²) in [7, 11) is 0. The molecule has 0 saturated carbocycles. The third kappa shape index (κ3) is 4.11. The Labute approximate surface area is 221 Å². The number of hydrogen-bond donors (Lipinski definition) is 2. The van der Waals surface area contributed by atoms with Gasteiger partial charge in [0.05, 0.1) is 23.0 Å². The number of aliphatic hydroxyl groups is 2. The van der Waals surface area contributed by atoms with Gasteiger partial charge in [0.2, 0.25) is 0 Å². The van der Waals surface area contributed by atoms with Crippen LogP contribution in [0, 0.1) is 0 Å². The molecule has 4 bridgehead atoms. The predicted molar refractivity (Wildman–Crippen MR) is 126 cm³/mol. The third-order valence-electron chi connectivity index (χ3n) is 6.89. The predicted octanol–water partition coefficient (Wildman–Crippen LogP) is 1.90. The minimum atomic E-state index is 0. The van der Waals surface area contributed by atoms with Gasteiger partial charge in [-0.1, -0.05) is 24.3 Å². The van der Waals surface area contributed by atoms with Crippen molar-refractivity contribution in [3.05, 3.63) is 66.1 Å². The molecule has 4 unspecified atom stereocenters. The van der Waals surface area contributed by atoms with Crippen LogP contribution in [-0.4, -0.2) is 31.2 Å². The SMILES string of the molecule is O=Cc1sc(C=O)c2c1C1C=CC2CC1.OCc1sc(CO)c2c1C1C=CC2CC1.[B].[H-].[Na+]. The summed E-state index contributed by atoms with van der Waals surface area (Å²) in [6.45, 7) is 0.230. The Morgan fingerprint density at radius 2 is 1.06 bits per heavy atom. The van der Waals surface area contributed by atoms with Gasteiger partial charge < -0.3 is 11.6 Å². The smallest absolute Gasteiger partial charge is 1.00 e. The van der Waals surface area contributed by atoms with Crippen molar-refractivity contribution < 1.29 is 50.8 Å². The maximum atomic E-state index is 11.0. The maximum Gasteiger partial charge on any atom is 1.00 e. The van der Waals surface area contributed by atoms with Gasteiger partial charge in [0.15, 0.2) is 12.6 Å². The van der Waals surface area contributed by atoms with Crippen molar-refractivity contribution in [1.82, 2.24) is 0 Å². The van der Waals surface area contributed by atoms with Gasteiger partial charge >= 0.3 is 29.6 Å². The van der Waals surface area contributed by atoms with E-state index in [1.807, 2.05) is 0 Å². The van der Waals surface area contributed by atoms with Crippen LogP contribution < -0.4 is 29.6 Å². The first kappa shape index (κ1) is 25.8. The molecule has 0 aromatic carbocycles. The maximum absolute atomic E-state index is 11.0. The number of aldehydes is 2. The fourth-order valence-electron chi connectivity index (χ4n) is 5.64. The van der Waals surface area contributed by atoms with Crippen LogP contribution in [0.1, 0.15) is 102 Å². The summed E-state index contributed by atoms with van der Waals surface area (Å²) in [5.74, 6) is 1.72. The molecule has 8 rings (SSSR count). The molecule has 2 N–H and O–H groups in total. The molecule has 2 aromatic rings. The molecule has 4 nitrogen and oxygen atoms in total. The first-order valence-corrected chi connectivity index (χ1v) is 12.1. The molecule has 8 heteroatoms. The van der Waals surface area contributed by atoms with Gasteiger partial charge in [0.25, 0.3) is 0 Å². The van der Waals surface area contributed by atoms with Gasteiger partial charge in [-0.15, -0.1) is 22.7 Å². The van der Waals surface area contributed by atoms with Gasteiger partial charge in [0, 0.05) is 41.8 Å². The first-order valence-electron chi connectivity index (χ1n) is 10.5. The van der Waals surface area contributed by atoms with Gasteiger partial charge in [-0.2, -0.15) is 0 Å². The van der Waals surface area contributed by atoms with E-state index in [0.29, 0.717) is 23.7 Å². The molecule has 2 heterocycles. The van der Waals surface area contributed by atoms with Gasteiger partial charge in [-0.25, -0.2) is 0 Å². The van der Waals surface area contributed by atoms with E-state index in [9.17, 15) is 19.8 Å². The van der Waals surface area contributed by atoms with Crippen LogP contribution in [0.5, 0.6) is 0 Å². The Kier molecular flexibility index (Phi) is 8.59. The Morgan fingerprint density at radius 1 is 0.719 bits per heavy atom. The summed E-state index contributed by atoms with van der Waals surface area (Å²) in [5.41, 5.74) is 4.92. The van der Waals surface area contributed by atoms with E-state index < -0.39 is 0 Å². The first-order chi connectivity index (χ1) is 14.7. The van der Waals surface area contributed by atoms with E-state index >= 15 is 0 Å². The molecular weight excluding hydrogens is 450 g/mol. The van der Waals surface area contributed by atoms with Crippen molar-refractivity contribution in [2.45, 2.75) is 62.6 Å². The van der Waals surface area contributed by atoms with Crippen LogP contribution in [0.3, 0.4) is 0 Å².